The number of benzene rings is 1. The number of carbonyl (C=O) groups excluding carboxylic acids is 1. The molecule has 6 heteroatoms. The molecule has 1 aliphatic rings. The van der Waals surface area contributed by atoms with Crippen LogP contribution in [0.25, 0.3) is 0 Å². The number of fused-ring (bicyclic) bond motifs is 1. The molecule has 3 N–H and O–H groups in total. The molecule has 0 saturated heterocycles. The minimum absolute atomic E-state index is 0. The molecule has 0 radical (unpaired) electrons. The lowest BCUT2D eigenvalue weighted by Crippen LogP contribution is -2.35. The van der Waals surface area contributed by atoms with Gasteiger partial charge in [0.05, 0.1) is 6.04 Å². The Morgan fingerprint density at radius 2 is 2.17 bits per heavy atom. The van der Waals surface area contributed by atoms with Crippen molar-refractivity contribution in [3.8, 4) is 0 Å². The van der Waals surface area contributed by atoms with E-state index in [2.05, 4.69) is 42.3 Å². The number of hydrogen-bond acceptors (Lipinski definition) is 4. The molecule has 1 unspecified atom stereocenters. The van der Waals surface area contributed by atoms with Crippen LogP contribution in [0.1, 0.15) is 59.4 Å². The van der Waals surface area contributed by atoms with Gasteiger partial charge < -0.3 is 11.1 Å². The number of nitrogens with one attached hydrogen (secondary N) is 1. The lowest BCUT2D eigenvalue weighted by Gasteiger charge is -2.37. The maximum absolute atomic E-state index is 12.4. The predicted octanol–water partition coefficient (Wildman–Crippen LogP) is 3.57. The summed E-state index contributed by atoms with van der Waals surface area (Å²) in [5, 5.41) is 5.69. The van der Waals surface area contributed by atoms with E-state index in [1.54, 1.807) is 5.38 Å². The van der Waals surface area contributed by atoms with E-state index in [1.807, 2.05) is 6.07 Å². The molecule has 0 spiro atoms. The minimum Gasteiger partial charge on any atom is -0.344 e. The average molecular weight is 352 g/mol. The van der Waals surface area contributed by atoms with Crippen molar-refractivity contribution in [2.75, 3.05) is 0 Å². The summed E-state index contributed by atoms with van der Waals surface area (Å²) in [7, 11) is 0. The molecule has 0 bridgehead atoms. The number of amides is 1. The van der Waals surface area contributed by atoms with E-state index in [4.69, 9.17) is 5.73 Å². The molecule has 4 nitrogen and oxygen atoms in total. The molecule has 124 valence electrons. The summed E-state index contributed by atoms with van der Waals surface area (Å²) >= 11 is 1.43. The van der Waals surface area contributed by atoms with Gasteiger partial charge in [-0.3, -0.25) is 4.79 Å². The van der Waals surface area contributed by atoms with Gasteiger partial charge in [-0.15, -0.1) is 23.7 Å². The highest BCUT2D eigenvalue weighted by molar-refractivity contribution is 7.09. The van der Waals surface area contributed by atoms with Crippen LogP contribution in [0.2, 0.25) is 0 Å². The van der Waals surface area contributed by atoms with Crippen molar-refractivity contribution in [3.63, 3.8) is 0 Å². The third kappa shape index (κ3) is 3.57. The van der Waals surface area contributed by atoms with E-state index in [1.165, 1.54) is 22.5 Å². The number of halogens is 1. The number of nitrogens with zero attached hydrogens (tertiary/aromatic N) is 1. The van der Waals surface area contributed by atoms with Gasteiger partial charge in [-0.25, -0.2) is 4.98 Å². The third-order valence-corrected chi connectivity index (χ3v) is 5.26. The van der Waals surface area contributed by atoms with Crippen LogP contribution in [0.4, 0.5) is 0 Å². The zero-order valence-electron chi connectivity index (χ0n) is 13.3. The van der Waals surface area contributed by atoms with Gasteiger partial charge in [0.25, 0.3) is 5.91 Å². The van der Waals surface area contributed by atoms with Crippen molar-refractivity contribution in [2.45, 2.75) is 44.7 Å². The molecule has 23 heavy (non-hydrogen) atoms. The summed E-state index contributed by atoms with van der Waals surface area (Å²) in [6, 6.07) is 8.45. The zero-order valence-corrected chi connectivity index (χ0v) is 15.0. The second kappa shape index (κ2) is 6.99. The molecular weight excluding hydrogens is 330 g/mol. The molecule has 1 aliphatic carbocycles. The van der Waals surface area contributed by atoms with E-state index in [0.29, 0.717) is 12.2 Å². The molecule has 1 heterocycles. The molecule has 0 saturated carbocycles. The number of thiazole rings is 1. The highest BCUT2D eigenvalue weighted by atomic mass is 35.5. The first kappa shape index (κ1) is 17.9. The number of aromatic nitrogens is 1. The van der Waals surface area contributed by atoms with Crippen molar-refractivity contribution < 1.29 is 4.79 Å². The lowest BCUT2D eigenvalue weighted by atomic mass is 9.71. The predicted molar refractivity (Wildman–Crippen MR) is 96.2 cm³/mol. The van der Waals surface area contributed by atoms with Crippen LogP contribution in [0.15, 0.2) is 29.6 Å². The van der Waals surface area contributed by atoms with Crippen LogP contribution in [-0.2, 0) is 12.0 Å². The maximum Gasteiger partial charge on any atom is 0.271 e. The molecular formula is C17H22ClN3OS. The van der Waals surface area contributed by atoms with Gasteiger partial charge in [0.2, 0.25) is 0 Å². The highest BCUT2D eigenvalue weighted by Crippen LogP contribution is 2.41. The number of hydrogen-bond donors (Lipinski definition) is 2. The van der Waals surface area contributed by atoms with Gasteiger partial charge in [-0.2, -0.15) is 0 Å². The molecule has 1 aromatic heterocycles. The van der Waals surface area contributed by atoms with Crippen molar-refractivity contribution in [1.82, 2.24) is 10.3 Å². The first-order valence-electron chi connectivity index (χ1n) is 7.56. The third-order valence-electron chi connectivity index (χ3n) is 4.39. The summed E-state index contributed by atoms with van der Waals surface area (Å²) in [4.78, 5) is 16.7. The Morgan fingerprint density at radius 1 is 1.43 bits per heavy atom. The second-order valence-electron chi connectivity index (χ2n) is 6.37. The van der Waals surface area contributed by atoms with E-state index in [-0.39, 0.29) is 29.8 Å². The summed E-state index contributed by atoms with van der Waals surface area (Å²) in [5.74, 6) is -0.115. The Kier molecular flexibility index (Phi) is 5.45. The van der Waals surface area contributed by atoms with Crippen molar-refractivity contribution >= 4 is 29.7 Å². The quantitative estimate of drug-likeness (QED) is 0.888. The first-order valence-corrected chi connectivity index (χ1v) is 8.44. The van der Waals surface area contributed by atoms with E-state index in [0.717, 1.165) is 17.8 Å². The molecule has 3 rings (SSSR count). The summed E-state index contributed by atoms with van der Waals surface area (Å²) in [6.45, 7) is 4.90. The molecule has 1 amide bonds. The Hall–Kier alpha value is -1.43. The number of nitrogens with two attached hydrogens (primary N) is 1. The summed E-state index contributed by atoms with van der Waals surface area (Å²) < 4.78 is 0. The Balaban J connectivity index is 0.00000192. The average Bonchev–Trinajstić information content (AvgIpc) is 2.99. The Bertz CT molecular complexity index is 699. The minimum atomic E-state index is -0.115. The van der Waals surface area contributed by atoms with Crippen LogP contribution < -0.4 is 11.1 Å². The monoisotopic (exact) mass is 351 g/mol. The zero-order chi connectivity index (χ0) is 15.7. The van der Waals surface area contributed by atoms with Crippen LogP contribution in [0, 0.1) is 0 Å². The summed E-state index contributed by atoms with van der Waals surface area (Å²) in [5.41, 5.74) is 8.73. The molecule has 0 fully saturated rings. The number of rotatable bonds is 3. The lowest BCUT2D eigenvalue weighted by molar-refractivity contribution is 0.0925. The second-order valence-corrected chi connectivity index (χ2v) is 7.31. The normalized spacial score (nSPS) is 18.7. The van der Waals surface area contributed by atoms with Gasteiger partial charge in [0.1, 0.15) is 10.7 Å². The van der Waals surface area contributed by atoms with Crippen molar-refractivity contribution in [3.05, 3.63) is 51.5 Å². The van der Waals surface area contributed by atoms with Gasteiger partial charge in [0.15, 0.2) is 0 Å². The topological polar surface area (TPSA) is 68.0 Å². The van der Waals surface area contributed by atoms with E-state index in [9.17, 15) is 4.79 Å². The maximum atomic E-state index is 12.4. The van der Waals surface area contributed by atoms with E-state index < -0.39 is 0 Å². The Morgan fingerprint density at radius 3 is 2.87 bits per heavy atom. The highest BCUT2D eigenvalue weighted by Gasteiger charge is 2.33. The van der Waals surface area contributed by atoms with E-state index >= 15 is 0 Å². The fourth-order valence-electron chi connectivity index (χ4n) is 3.10. The van der Waals surface area contributed by atoms with Gasteiger partial charge in [-0.1, -0.05) is 38.1 Å². The molecule has 1 atom stereocenters. The smallest absolute Gasteiger partial charge is 0.271 e. The van der Waals surface area contributed by atoms with Gasteiger partial charge in [-0.05, 0) is 29.4 Å². The van der Waals surface area contributed by atoms with Crippen LogP contribution >= 0.6 is 23.7 Å². The van der Waals surface area contributed by atoms with Crippen LogP contribution in [-0.4, -0.2) is 10.9 Å². The number of carbonyl (C=O) groups is 1. The van der Waals surface area contributed by atoms with Crippen LogP contribution in [0.5, 0.6) is 0 Å². The molecule has 2 aromatic rings. The fourth-order valence-corrected chi connectivity index (χ4v) is 3.76. The summed E-state index contributed by atoms with van der Waals surface area (Å²) in [6.07, 6.45) is 2.00. The standard InChI is InChI=1S/C17H21N3OS.ClH/c1-17(2)8-7-13(11-5-3-4-6-12(11)17)20-16(21)14-10-22-15(9-18)19-14;/h3-6,10,13H,7-9,18H2,1-2H3,(H,20,21);1H. The Labute approximate surface area is 146 Å². The molecule has 0 aliphatic heterocycles. The first-order chi connectivity index (χ1) is 10.5. The van der Waals surface area contributed by atoms with Gasteiger partial charge in [0, 0.05) is 11.9 Å². The largest absolute Gasteiger partial charge is 0.344 e. The SMILES string of the molecule is CC1(C)CCC(NC(=O)c2csc(CN)n2)c2ccccc21.Cl. The fraction of sp³-hybridized carbons (Fsp3) is 0.412. The van der Waals surface area contributed by atoms with Crippen molar-refractivity contribution in [1.29, 1.82) is 0 Å². The van der Waals surface area contributed by atoms with Crippen LogP contribution in [0.3, 0.4) is 0 Å². The molecule has 1 aromatic carbocycles. The van der Waals surface area contributed by atoms with Gasteiger partial charge >= 0.3 is 0 Å². The van der Waals surface area contributed by atoms with Crippen molar-refractivity contribution in [2.24, 2.45) is 5.73 Å².